The van der Waals surface area contributed by atoms with E-state index in [4.69, 9.17) is 30.8 Å². The lowest BCUT2D eigenvalue weighted by molar-refractivity contribution is -0.00125. The lowest BCUT2D eigenvalue weighted by Crippen LogP contribution is -2.43. The highest BCUT2D eigenvalue weighted by atomic mass is 35.5. The summed E-state index contributed by atoms with van der Waals surface area (Å²) in [5, 5.41) is 4.27. The van der Waals surface area contributed by atoms with Crippen LogP contribution >= 0.6 is 22.9 Å². The van der Waals surface area contributed by atoms with Gasteiger partial charge in [-0.1, -0.05) is 23.7 Å². The Morgan fingerprint density at radius 3 is 2.46 bits per heavy atom. The van der Waals surface area contributed by atoms with E-state index in [-0.39, 0.29) is 11.5 Å². The highest BCUT2D eigenvalue weighted by Crippen LogP contribution is 2.33. The number of likely N-dealkylation sites (tertiary alicyclic amines) is 1. The van der Waals surface area contributed by atoms with Gasteiger partial charge in [-0.2, -0.15) is 0 Å². The van der Waals surface area contributed by atoms with Gasteiger partial charge >= 0.3 is 6.09 Å². The molecule has 4 rings (SSSR count). The summed E-state index contributed by atoms with van der Waals surface area (Å²) >= 11 is 7.35. The van der Waals surface area contributed by atoms with Crippen LogP contribution in [0.4, 0.5) is 10.5 Å². The van der Waals surface area contributed by atoms with Crippen LogP contribution in [0, 0.1) is 0 Å². The smallest absolute Gasteiger partial charge is 0.415 e. The van der Waals surface area contributed by atoms with Crippen molar-refractivity contribution in [2.75, 3.05) is 32.1 Å². The number of nitrogens with zero attached hydrogens (tertiary/aromatic N) is 2. The number of hydrogen-bond acceptors (Lipinski definition) is 7. The average Bonchev–Trinajstić information content (AvgIpc) is 3.22. The molecule has 2 aromatic carbocycles. The minimum Gasteiger partial charge on any atom is -0.493 e. The first-order valence-electron chi connectivity index (χ1n) is 12.0. The Hall–Kier alpha value is -3.14. The van der Waals surface area contributed by atoms with E-state index in [1.165, 1.54) is 18.4 Å². The maximum Gasteiger partial charge on any atom is 0.415 e. The summed E-state index contributed by atoms with van der Waals surface area (Å²) in [4.78, 5) is 32.4. The van der Waals surface area contributed by atoms with Gasteiger partial charge in [-0.3, -0.25) is 4.79 Å². The van der Waals surface area contributed by atoms with Gasteiger partial charge in [0.25, 0.3) is 5.91 Å². The Morgan fingerprint density at radius 2 is 1.84 bits per heavy atom. The standard InChI is InChI=1S/C27H30ClN3O5S/c1-27(2,3)35-15-12-20-23(37-25(30-20)17-6-8-18(28)9-7-17)24(32)29-19-10-11-21(22(16-19)34-4)36-26(33)31-13-5-14-31/h6-11,16H,5,12-15H2,1-4H3,(H,29,32). The molecule has 1 saturated heterocycles. The minimum absolute atomic E-state index is 0.292. The second-order valence-corrected chi connectivity index (χ2v) is 11.0. The summed E-state index contributed by atoms with van der Waals surface area (Å²) in [6.07, 6.45) is 1.04. The van der Waals surface area contributed by atoms with Crippen molar-refractivity contribution in [1.29, 1.82) is 0 Å². The Morgan fingerprint density at radius 1 is 1.11 bits per heavy atom. The number of ether oxygens (including phenoxy) is 3. The number of carbonyl (C=O) groups is 2. The van der Waals surface area contributed by atoms with Gasteiger partial charge in [-0.25, -0.2) is 9.78 Å². The Labute approximate surface area is 225 Å². The van der Waals surface area contributed by atoms with Crippen LogP contribution in [-0.2, 0) is 11.2 Å². The minimum atomic E-state index is -0.414. The quantitative estimate of drug-likeness (QED) is 0.359. The summed E-state index contributed by atoms with van der Waals surface area (Å²) < 4.78 is 16.7. The van der Waals surface area contributed by atoms with E-state index in [0.717, 1.165) is 17.0 Å². The molecule has 0 spiro atoms. The largest absolute Gasteiger partial charge is 0.493 e. The van der Waals surface area contributed by atoms with E-state index in [9.17, 15) is 9.59 Å². The topological polar surface area (TPSA) is 90.0 Å². The molecule has 0 unspecified atom stereocenters. The molecular weight excluding hydrogens is 514 g/mol. The van der Waals surface area contributed by atoms with Crippen molar-refractivity contribution in [3.05, 3.63) is 58.1 Å². The van der Waals surface area contributed by atoms with E-state index < -0.39 is 6.09 Å². The number of thiazole rings is 1. The number of nitrogens with one attached hydrogen (secondary N) is 1. The van der Waals surface area contributed by atoms with Gasteiger partial charge in [0.2, 0.25) is 0 Å². The van der Waals surface area contributed by atoms with Gasteiger partial charge in [0, 0.05) is 41.9 Å². The van der Waals surface area contributed by atoms with Crippen LogP contribution in [0.25, 0.3) is 10.6 Å². The predicted octanol–water partition coefficient (Wildman–Crippen LogP) is 6.29. The van der Waals surface area contributed by atoms with Crippen LogP contribution in [0.5, 0.6) is 11.5 Å². The van der Waals surface area contributed by atoms with E-state index >= 15 is 0 Å². The Balaban J connectivity index is 1.54. The van der Waals surface area contributed by atoms with Gasteiger partial charge in [-0.15, -0.1) is 11.3 Å². The average molecular weight is 544 g/mol. The number of benzene rings is 2. The number of hydrogen-bond donors (Lipinski definition) is 1. The molecule has 0 saturated carbocycles. The fourth-order valence-corrected chi connectivity index (χ4v) is 4.68. The third-order valence-corrected chi connectivity index (χ3v) is 7.00. The Kier molecular flexibility index (Phi) is 8.36. The Bertz CT molecular complexity index is 1270. The lowest BCUT2D eigenvalue weighted by Gasteiger charge is -2.29. The summed E-state index contributed by atoms with van der Waals surface area (Å²) in [7, 11) is 1.48. The third kappa shape index (κ3) is 7.00. The van der Waals surface area contributed by atoms with Crippen molar-refractivity contribution >= 4 is 40.6 Å². The van der Waals surface area contributed by atoms with Gasteiger partial charge in [0.15, 0.2) is 11.5 Å². The van der Waals surface area contributed by atoms with Gasteiger partial charge in [0.05, 0.1) is 25.0 Å². The molecule has 0 aliphatic carbocycles. The first-order valence-corrected chi connectivity index (χ1v) is 13.2. The molecule has 10 heteroatoms. The molecule has 1 N–H and O–H groups in total. The van der Waals surface area contributed by atoms with Gasteiger partial charge in [0.1, 0.15) is 9.88 Å². The van der Waals surface area contributed by atoms with Crippen LogP contribution in [0.3, 0.4) is 0 Å². The number of carbonyl (C=O) groups excluding carboxylic acids is 2. The highest BCUT2D eigenvalue weighted by molar-refractivity contribution is 7.17. The van der Waals surface area contributed by atoms with Crippen LogP contribution in [0.1, 0.15) is 42.6 Å². The summed E-state index contributed by atoms with van der Waals surface area (Å²) in [5.74, 6) is 0.340. The molecule has 1 aliphatic rings. The maximum absolute atomic E-state index is 13.4. The number of amides is 2. The number of rotatable bonds is 8. The molecule has 0 atom stereocenters. The van der Waals surface area contributed by atoms with E-state index in [1.54, 1.807) is 35.2 Å². The molecule has 1 aromatic heterocycles. The third-order valence-electron chi connectivity index (χ3n) is 5.60. The summed E-state index contributed by atoms with van der Waals surface area (Å²) in [5.41, 5.74) is 1.74. The molecule has 0 bridgehead atoms. The summed E-state index contributed by atoms with van der Waals surface area (Å²) in [6.45, 7) is 7.76. The molecule has 1 aliphatic heterocycles. The van der Waals surface area contributed by atoms with Crippen LogP contribution in [0.2, 0.25) is 5.02 Å². The van der Waals surface area contributed by atoms with Crippen molar-refractivity contribution in [1.82, 2.24) is 9.88 Å². The van der Waals surface area contributed by atoms with Crippen molar-refractivity contribution in [3.8, 4) is 22.1 Å². The SMILES string of the molecule is COc1cc(NC(=O)c2sc(-c3ccc(Cl)cc3)nc2CCOC(C)(C)C)ccc1OC(=O)N1CCC1. The normalized spacial score (nSPS) is 13.2. The van der Waals surface area contributed by atoms with Crippen molar-refractivity contribution in [2.45, 2.75) is 39.2 Å². The number of halogens is 1. The second-order valence-electron chi connectivity index (χ2n) is 9.54. The number of aromatic nitrogens is 1. The monoisotopic (exact) mass is 543 g/mol. The zero-order chi connectivity index (χ0) is 26.6. The van der Waals surface area contributed by atoms with E-state index in [2.05, 4.69) is 5.32 Å². The number of anilines is 1. The first-order chi connectivity index (χ1) is 17.6. The zero-order valence-corrected chi connectivity index (χ0v) is 22.9. The second kappa shape index (κ2) is 11.5. The summed E-state index contributed by atoms with van der Waals surface area (Å²) in [6, 6.07) is 12.2. The zero-order valence-electron chi connectivity index (χ0n) is 21.3. The maximum atomic E-state index is 13.4. The van der Waals surface area contributed by atoms with Crippen LogP contribution in [-0.4, -0.2) is 54.3 Å². The highest BCUT2D eigenvalue weighted by Gasteiger charge is 2.24. The van der Waals surface area contributed by atoms with Crippen LogP contribution < -0.4 is 14.8 Å². The predicted molar refractivity (Wildman–Crippen MR) is 145 cm³/mol. The van der Waals surface area contributed by atoms with Gasteiger partial charge in [-0.05, 0) is 51.5 Å². The fourth-order valence-electron chi connectivity index (χ4n) is 3.54. The first kappa shape index (κ1) is 26.9. The number of methoxy groups -OCH3 is 1. The lowest BCUT2D eigenvalue weighted by atomic mass is 10.2. The van der Waals surface area contributed by atoms with Crippen molar-refractivity contribution < 1.29 is 23.8 Å². The van der Waals surface area contributed by atoms with Gasteiger partial charge < -0.3 is 24.4 Å². The molecule has 2 heterocycles. The van der Waals surface area contributed by atoms with E-state index in [0.29, 0.717) is 58.9 Å². The molecular formula is C27H30ClN3O5S. The molecule has 37 heavy (non-hydrogen) atoms. The van der Waals surface area contributed by atoms with E-state index in [1.807, 2.05) is 32.9 Å². The molecule has 2 amide bonds. The molecule has 8 nitrogen and oxygen atoms in total. The molecule has 0 radical (unpaired) electrons. The van der Waals surface area contributed by atoms with Crippen molar-refractivity contribution in [3.63, 3.8) is 0 Å². The molecule has 196 valence electrons. The molecule has 1 fully saturated rings. The van der Waals surface area contributed by atoms with Crippen LogP contribution in [0.15, 0.2) is 42.5 Å². The van der Waals surface area contributed by atoms with Crippen molar-refractivity contribution in [2.24, 2.45) is 0 Å². The fraction of sp³-hybridized carbons (Fsp3) is 0.370. The molecule has 3 aromatic rings.